The standard InChI is InChI=1S/C19H19F6N3O2/c1-9(2)16-14-7-10(18(20,21)22)3-4-13(14)17(30)28(27-16)8-15(29)26-12-5-11(6-12)19(23,24)25/h3-4,7,9,11-12H,5-6,8H2,1-2H3,(H,26,29). The summed E-state index contributed by atoms with van der Waals surface area (Å²) in [4.78, 5) is 24.8. The molecule has 3 rings (SSSR count). The van der Waals surface area contributed by atoms with E-state index in [1.54, 1.807) is 13.8 Å². The minimum atomic E-state index is -4.59. The second kappa shape index (κ2) is 7.59. The minimum Gasteiger partial charge on any atom is -0.352 e. The number of nitrogens with one attached hydrogen (secondary N) is 1. The van der Waals surface area contributed by atoms with Gasteiger partial charge in [-0.3, -0.25) is 9.59 Å². The lowest BCUT2D eigenvalue weighted by Crippen LogP contribution is -2.50. The fourth-order valence-electron chi connectivity index (χ4n) is 3.43. The molecule has 0 aliphatic heterocycles. The van der Waals surface area contributed by atoms with Gasteiger partial charge in [-0.25, -0.2) is 4.68 Å². The van der Waals surface area contributed by atoms with E-state index in [0.29, 0.717) is 0 Å². The van der Waals surface area contributed by atoms with Gasteiger partial charge in [-0.1, -0.05) is 13.8 Å². The minimum absolute atomic E-state index is 0.0183. The Kier molecular flexibility index (Phi) is 5.59. The van der Waals surface area contributed by atoms with Gasteiger partial charge in [-0.05, 0) is 37.0 Å². The number of amides is 1. The van der Waals surface area contributed by atoms with Crippen LogP contribution >= 0.6 is 0 Å². The van der Waals surface area contributed by atoms with Crippen LogP contribution in [0.4, 0.5) is 26.3 Å². The van der Waals surface area contributed by atoms with Crippen LogP contribution in [0, 0.1) is 5.92 Å². The summed E-state index contributed by atoms with van der Waals surface area (Å²) in [6.07, 6.45) is -9.35. The van der Waals surface area contributed by atoms with Crippen molar-refractivity contribution in [3.05, 3.63) is 39.8 Å². The van der Waals surface area contributed by atoms with Crippen LogP contribution in [0.2, 0.25) is 0 Å². The van der Waals surface area contributed by atoms with E-state index in [1.165, 1.54) is 0 Å². The molecule has 1 fully saturated rings. The van der Waals surface area contributed by atoms with Crippen LogP contribution in [0.15, 0.2) is 23.0 Å². The quantitative estimate of drug-likeness (QED) is 0.739. The highest BCUT2D eigenvalue weighted by molar-refractivity contribution is 5.85. The topological polar surface area (TPSA) is 64.0 Å². The Morgan fingerprint density at radius 1 is 1.17 bits per heavy atom. The first kappa shape index (κ1) is 22.1. The van der Waals surface area contributed by atoms with E-state index in [2.05, 4.69) is 10.4 Å². The lowest BCUT2D eigenvalue weighted by Gasteiger charge is -2.36. The van der Waals surface area contributed by atoms with Crippen LogP contribution in [-0.2, 0) is 17.5 Å². The molecule has 1 amide bonds. The second-order valence-corrected chi connectivity index (χ2v) is 7.74. The Balaban J connectivity index is 1.85. The molecular weight excluding hydrogens is 416 g/mol. The molecule has 0 spiro atoms. The highest BCUT2D eigenvalue weighted by Crippen LogP contribution is 2.41. The maximum Gasteiger partial charge on any atom is 0.416 e. The summed E-state index contributed by atoms with van der Waals surface area (Å²) in [7, 11) is 0. The fourth-order valence-corrected chi connectivity index (χ4v) is 3.43. The molecule has 0 saturated heterocycles. The molecule has 1 aliphatic rings. The van der Waals surface area contributed by atoms with Gasteiger partial charge in [0.05, 0.1) is 22.6 Å². The first-order valence-corrected chi connectivity index (χ1v) is 9.25. The number of aromatic nitrogens is 2. The first-order valence-electron chi connectivity index (χ1n) is 9.25. The number of halogens is 6. The Morgan fingerprint density at radius 2 is 1.80 bits per heavy atom. The summed E-state index contributed by atoms with van der Waals surface area (Å²) < 4.78 is 77.6. The Bertz CT molecular complexity index is 1020. The van der Waals surface area contributed by atoms with E-state index in [1.807, 2.05) is 0 Å². The van der Waals surface area contributed by atoms with Crippen LogP contribution in [0.5, 0.6) is 0 Å². The molecule has 30 heavy (non-hydrogen) atoms. The van der Waals surface area contributed by atoms with Crippen LogP contribution in [0.1, 0.15) is 43.9 Å². The van der Waals surface area contributed by atoms with Crippen molar-refractivity contribution in [3.63, 3.8) is 0 Å². The molecule has 0 unspecified atom stereocenters. The highest BCUT2D eigenvalue weighted by atomic mass is 19.4. The molecule has 1 aromatic carbocycles. The predicted molar refractivity (Wildman–Crippen MR) is 95.8 cm³/mol. The van der Waals surface area contributed by atoms with E-state index in [9.17, 15) is 35.9 Å². The normalized spacial score (nSPS) is 19.8. The summed E-state index contributed by atoms with van der Waals surface area (Å²) in [6, 6.07) is 2.04. The average molecular weight is 435 g/mol. The van der Waals surface area contributed by atoms with E-state index >= 15 is 0 Å². The lowest BCUT2D eigenvalue weighted by molar-refractivity contribution is -0.199. The predicted octanol–water partition coefficient (Wildman–Crippen LogP) is 4.00. The van der Waals surface area contributed by atoms with E-state index in [0.717, 1.165) is 22.9 Å². The Morgan fingerprint density at radius 3 is 2.33 bits per heavy atom. The van der Waals surface area contributed by atoms with Crippen molar-refractivity contribution < 1.29 is 31.1 Å². The largest absolute Gasteiger partial charge is 0.416 e. The van der Waals surface area contributed by atoms with E-state index < -0.39 is 47.9 Å². The van der Waals surface area contributed by atoms with Gasteiger partial charge in [0.15, 0.2) is 0 Å². The number of benzene rings is 1. The number of rotatable bonds is 4. The number of hydrogen-bond donors (Lipinski definition) is 1. The zero-order chi connectivity index (χ0) is 22.4. The van der Waals surface area contributed by atoms with Gasteiger partial charge in [0.2, 0.25) is 5.91 Å². The lowest BCUT2D eigenvalue weighted by atomic mass is 9.80. The molecule has 0 bridgehead atoms. The average Bonchev–Trinajstić information content (AvgIpc) is 2.57. The van der Waals surface area contributed by atoms with Gasteiger partial charge in [0.1, 0.15) is 6.54 Å². The summed E-state index contributed by atoms with van der Waals surface area (Å²) in [6.45, 7) is 2.83. The SMILES string of the molecule is CC(C)c1nn(CC(=O)NC2CC(C(F)(F)F)C2)c(=O)c2ccc(C(F)(F)F)cc12. The van der Waals surface area contributed by atoms with Gasteiger partial charge < -0.3 is 5.32 Å². The van der Waals surface area contributed by atoms with Gasteiger partial charge >= 0.3 is 12.4 Å². The number of nitrogens with zero attached hydrogens (tertiary/aromatic N) is 2. The third-order valence-corrected chi connectivity index (χ3v) is 5.12. The fraction of sp³-hybridized carbons (Fsp3) is 0.526. The van der Waals surface area contributed by atoms with Crippen LogP contribution in [0.25, 0.3) is 10.8 Å². The molecule has 164 valence electrons. The summed E-state index contributed by atoms with van der Waals surface area (Å²) in [5.41, 5.74) is -1.46. The maximum absolute atomic E-state index is 13.0. The van der Waals surface area contributed by atoms with Crippen molar-refractivity contribution in [2.24, 2.45) is 5.92 Å². The monoisotopic (exact) mass is 435 g/mol. The van der Waals surface area contributed by atoms with Crippen molar-refractivity contribution in [1.29, 1.82) is 0 Å². The van der Waals surface area contributed by atoms with E-state index in [-0.39, 0.29) is 35.2 Å². The molecule has 1 aromatic heterocycles. The molecule has 1 heterocycles. The Hall–Kier alpha value is -2.59. The summed E-state index contributed by atoms with van der Waals surface area (Å²) >= 11 is 0. The number of hydrogen-bond acceptors (Lipinski definition) is 3. The van der Waals surface area contributed by atoms with Crippen molar-refractivity contribution in [3.8, 4) is 0 Å². The van der Waals surface area contributed by atoms with Crippen molar-refractivity contribution in [2.75, 3.05) is 0 Å². The van der Waals surface area contributed by atoms with Gasteiger partial charge in [0, 0.05) is 11.4 Å². The smallest absolute Gasteiger partial charge is 0.352 e. The second-order valence-electron chi connectivity index (χ2n) is 7.74. The van der Waals surface area contributed by atoms with Crippen molar-refractivity contribution >= 4 is 16.7 Å². The van der Waals surface area contributed by atoms with Crippen LogP contribution < -0.4 is 10.9 Å². The number of carbonyl (C=O) groups excluding carboxylic acids is 1. The van der Waals surface area contributed by atoms with Crippen molar-refractivity contribution in [1.82, 2.24) is 15.1 Å². The molecule has 0 atom stereocenters. The highest BCUT2D eigenvalue weighted by Gasteiger charge is 2.48. The first-order chi connectivity index (χ1) is 13.8. The number of fused-ring (bicyclic) bond motifs is 1. The van der Waals surface area contributed by atoms with Crippen LogP contribution in [-0.4, -0.2) is 27.9 Å². The molecule has 2 aromatic rings. The number of alkyl halides is 6. The van der Waals surface area contributed by atoms with Crippen LogP contribution in [0.3, 0.4) is 0 Å². The molecule has 1 N–H and O–H groups in total. The zero-order valence-corrected chi connectivity index (χ0v) is 16.1. The van der Waals surface area contributed by atoms with E-state index in [4.69, 9.17) is 0 Å². The third-order valence-electron chi connectivity index (χ3n) is 5.12. The Labute approximate surface area is 167 Å². The molecule has 5 nitrogen and oxygen atoms in total. The molecule has 11 heteroatoms. The van der Waals surface area contributed by atoms with Gasteiger partial charge in [0.25, 0.3) is 5.56 Å². The maximum atomic E-state index is 13.0. The van der Waals surface area contributed by atoms with Gasteiger partial charge in [-0.15, -0.1) is 0 Å². The molecular formula is C19H19F6N3O2. The third kappa shape index (κ3) is 4.44. The molecule has 0 radical (unpaired) electrons. The molecule has 1 aliphatic carbocycles. The van der Waals surface area contributed by atoms with Gasteiger partial charge in [-0.2, -0.15) is 31.4 Å². The number of carbonyl (C=O) groups is 1. The zero-order valence-electron chi connectivity index (χ0n) is 16.1. The summed E-state index contributed by atoms with van der Waals surface area (Å²) in [5.74, 6) is -2.49. The molecule has 1 saturated carbocycles. The summed E-state index contributed by atoms with van der Waals surface area (Å²) in [5, 5.41) is 6.53. The van der Waals surface area contributed by atoms with Crippen molar-refractivity contribution in [2.45, 2.75) is 57.5 Å².